The van der Waals surface area contributed by atoms with E-state index in [0.717, 1.165) is 4.90 Å². The number of aromatic amines is 2. The van der Waals surface area contributed by atoms with E-state index in [4.69, 9.17) is 4.74 Å². The van der Waals surface area contributed by atoms with Gasteiger partial charge in [0.25, 0.3) is 5.91 Å². The van der Waals surface area contributed by atoms with Crippen LogP contribution in [0, 0.1) is 0 Å². The van der Waals surface area contributed by atoms with Crippen molar-refractivity contribution in [2.45, 2.75) is 17.9 Å². The molecular formula is C19H16N4O5S. The molecule has 0 saturated heterocycles. The van der Waals surface area contributed by atoms with Gasteiger partial charge in [-0.3, -0.25) is 9.59 Å². The fraction of sp³-hybridized carbons (Fsp3) is 0.158. The van der Waals surface area contributed by atoms with Crippen molar-refractivity contribution in [1.82, 2.24) is 9.97 Å². The molecule has 10 heteroatoms. The molecule has 0 unspecified atom stereocenters. The molecule has 0 spiro atoms. The number of benzene rings is 2. The van der Waals surface area contributed by atoms with Crippen molar-refractivity contribution >= 4 is 52.0 Å². The van der Waals surface area contributed by atoms with Gasteiger partial charge in [0.2, 0.25) is 5.91 Å². The summed E-state index contributed by atoms with van der Waals surface area (Å²) in [7, 11) is 0. The Morgan fingerprint density at radius 3 is 2.72 bits per heavy atom. The average Bonchev–Trinajstić information content (AvgIpc) is 3.06. The first-order chi connectivity index (χ1) is 13.9. The molecule has 4 rings (SSSR count). The molecule has 2 heterocycles. The van der Waals surface area contributed by atoms with E-state index in [2.05, 4.69) is 20.6 Å². The number of esters is 1. The maximum Gasteiger partial charge on any atom is 0.338 e. The number of imidazole rings is 1. The fourth-order valence-corrected chi connectivity index (χ4v) is 3.63. The van der Waals surface area contributed by atoms with Gasteiger partial charge in [-0.25, -0.2) is 9.59 Å². The first-order valence-corrected chi connectivity index (χ1v) is 9.68. The van der Waals surface area contributed by atoms with Crippen LogP contribution in [0.5, 0.6) is 0 Å². The highest BCUT2D eigenvalue weighted by atomic mass is 32.2. The van der Waals surface area contributed by atoms with E-state index in [1.165, 1.54) is 24.8 Å². The van der Waals surface area contributed by atoms with E-state index >= 15 is 0 Å². The summed E-state index contributed by atoms with van der Waals surface area (Å²) in [4.78, 5) is 53.7. The van der Waals surface area contributed by atoms with E-state index in [-0.39, 0.29) is 17.2 Å². The second kappa shape index (κ2) is 7.47. The molecule has 1 aliphatic rings. The normalized spacial score (nSPS) is 14.0. The maximum atomic E-state index is 12.4. The third-order valence-corrected chi connectivity index (χ3v) is 5.36. The van der Waals surface area contributed by atoms with Crippen LogP contribution in [0.4, 0.5) is 11.4 Å². The molecule has 1 atom stereocenters. The molecule has 0 aliphatic carbocycles. The van der Waals surface area contributed by atoms with Crippen LogP contribution in [0.2, 0.25) is 0 Å². The number of nitrogens with one attached hydrogen (secondary N) is 4. The van der Waals surface area contributed by atoms with Gasteiger partial charge < -0.3 is 25.3 Å². The second-order valence-corrected chi connectivity index (χ2v) is 7.44. The molecule has 3 aromatic rings. The first kappa shape index (κ1) is 18.8. The number of amides is 2. The minimum atomic E-state index is -1.05. The van der Waals surface area contributed by atoms with Crippen molar-refractivity contribution < 1.29 is 19.1 Å². The maximum absolute atomic E-state index is 12.4. The molecule has 9 nitrogen and oxygen atoms in total. The molecular weight excluding hydrogens is 396 g/mol. The quantitative estimate of drug-likeness (QED) is 0.485. The SMILES string of the molecule is C[C@@H](OC(=O)c1ccc2c(c1)NC(=O)CS2)C(=O)Nc1ccc2[nH]c(=O)[nH]c2c1. The van der Waals surface area contributed by atoms with Crippen molar-refractivity contribution in [2.75, 3.05) is 16.4 Å². The van der Waals surface area contributed by atoms with E-state index < -0.39 is 18.0 Å². The number of H-pyrrole nitrogens is 2. The highest BCUT2D eigenvalue weighted by molar-refractivity contribution is 8.00. The van der Waals surface area contributed by atoms with E-state index in [9.17, 15) is 19.2 Å². The molecule has 0 fully saturated rings. The van der Waals surface area contributed by atoms with Gasteiger partial charge in [0.1, 0.15) is 0 Å². The van der Waals surface area contributed by atoms with Gasteiger partial charge in [-0.05, 0) is 43.3 Å². The molecule has 0 bridgehead atoms. The summed E-state index contributed by atoms with van der Waals surface area (Å²) in [6.07, 6.45) is -1.05. The van der Waals surface area contributed by atoms with Gasteiger partial charge in [0.05, 0.1) is 28.0 Å². The van der Waals surface area contributed by atoms with E-state index in [0.29, 0.717) is 28.2 Å². The Labute approximate surface area is 168 Å². The summed E-state index contributed by atoms with van der Waals surface area (Å²) in [5.41, 5.74) is 2.06. The van der Waals surface area contributed by atoms with E-state index in [1.807, 2.05) is 0 Å². The lowest BCUT2D eigenvalue weighted by Gasteiger charge is -2.17. The number of fused-ring (bicyclic) bond motifs is 2. The average molecular weight is 412 g/mol. The predicted molar refractivity (Wildman–Crippen MR) is 108 cm³/mol. The zero-order valence-electron chi connectivity index (χ0n) is 15.2. The van der Waals surface area contributed by atoms with Crippen LogP contribution in [0.25, 0.3) is 11.0 Å². The van der Waals surface area contributed by atoms with Gasteiger partial charge in [-0.15, -0.1) is 11.8 Å². The number of anilines is 2. The minimum absolute atomic E-state index is 0.138. The molecule has 2 amide bonds. The number of ether oxygens (including phenoxy) is 1. The summed E-state index contributed by atoms with van der Waals surface area (Å²) in [6, 6.07) is 9.73. The van der Waals surface area contributed by atoms with Gasteiger partial charge in [-0.2, -0.15) is 0 Å². The lowest BCUT2D eigenvalue weighted by molar-refractivity contribution is -0.123. The van der Waals surface area contributed by atoms with Crippen LogP contribution >= 0.6 is 11.8 Å². The Balaban J connectivity index is 1.42. The van der Waals surface area contributed by atoms with Gasteiger partial charge in [-0.1, -0.05) is 0 Å². The molecule has 0 saturated carbocycles. The molecule has 1 aromatic heterocycles. The standard InChI is InChI=1S/C19H16N4O5S/c1-9(17(25)20-11-3-4-12-13(7-11)23-19(27)22-12)28-18(26)10-2-5-15-14(6-10)21-16(24)8-29-15/h2-7,9H,8H2,1H3,(H,20,25)(H,21,24)(H2,22,23,27)/t9-/m1/s1. The Bertz CT molecular complexity index is 1200. The summed E-state index contributed by atoms with van der Waals surface area (Å²) >= 11 is 1.39. The Hall–Kier alpha value is -3.53. The number of aromatic nitrogens is 2. The van der Waals surface area contributed by atoms with Gasteiger partial charge >= 0.3 is 11.7 Å². The lowest BCUT2D eigenvalue weighted by atomic mass is 10.2. The molecule has 29 heavy (non-hydrogen) atoms. The number of hydrogen-bond acceptors (Lipinski definition) is 6. The molecule has 148 valence electrons. The largest absolute Gasteiger partial charge is 0.449 e. The van der Waals surface area contributed by atoms with Crippen LogP contribution in [-0.4, -0.2) is 39.6 Å². The predicted octanol–water partition coefficient (Wildman–Crippen LogP) is 2.08. The molecule has 4 N–H and O–H groups in total. The number of carbonyl (C=O) groups is 3. The second-order valence-electron chi connectivity index (χ2n) is 6.42. The fourth-order valence-electron chi connectivity index (χ4n) is 2.85. The zero-order valence-corrected chi connectivity index (χ0v) is 16.0. The zero-order chi connectivity index (χ0) is 20.5. The van der Waals surface area contributed by atoms with Crippen LogP contribution in [0.15, 0.2) is 46.1 Å². The van der Waals surface area contributed by atoms with Crippen LogP contribution in [0.1, 0.15) is 17.3 Å². The summed E-state index contributed by atoms with van der Waals surface area (Å²) < 4.78 is 5.25. The third kappa shape index (κ3) is 4.02. The first-order valence-electron chi connectivity index (χ1n) is 8.69. The molecule has 1 aliphatic heterocycles. The number of rotatable bonds is 4. The highest BCUT2D eigenvalue weighted by Crippen LogP contribution is 2.32. The highest BCUT2D eigenvalue weighted by Gasteiger charge is 2.22. The van der Waals surface area contributed by atoms with Crippen LogP contribution in [-0.2, 0) is 14.3 Å². The Kier molecular flexibility index (Phi) is 4.85. The molecule has 0 radical (unpaired) electrons. The van der Waals surface area contributed by atoms with Crippen molar-refractivity contribution in [1.29, 1.82) is 0 Å². The Morgan fingerprint density at radius 2 is 1.90 bits per heavy atom. The monoisotopic (exact) mass is 412 g/mol. The van der Waals surface area contributed by atoms with Crippen molar-refractivity contribution in [3.8, 4) is 0 Å². The van der Waals surface area contributed by atoms with Crippen LogP contribution in [0.3, 0.4) is 0 Å². The number of hydrogen-bond donors (Lipinski definition) is 4. The third-order valence-electron chi connectivity index (χ3n) is 4.28. The van der Waals surface area contributed by atoms with Crippen molar-refractivity contribution in [3.63, 3.8) is 0 Å². The van der Waals surface area contributed by atoms with Gasteiger partial charge in [0, 0.05) is 10.6 Å². The van der Waals surface area contributed by atoms with E-state index in [1.54, 1.807) is 30.3 Å². The number of thioether (sulfide) groups is 1. The summed E-state index contributed by atoms with van der Waals surface area (Å²) in [5.74, 6) is -0.999. The minimum Gasteiger partial charge on any atom is -0.449 e. The number of carbonyl (C=O) groups excluding carboxylic acids is 3. The smallest absolute Gasteiger partial charge is 0.338 e. The van der Waals surface area contributed by atoms with Gasteiger partial charge in [0.15, 0.2) is 6.10 Å². The summed E-state index contributed by atoms with van der Waals surface area (Å²) in [6.45, 7) is 1.46. The topological polar surface area (TPSA) is 133 Å². The lowest BCUT2D eigenvalue weighted by Crippen LogP contribution is -2.30. The van der Waals surface area contributed by atoms with Crippen LogP contribution < -0.4 is 16.3 Å². The molecule has 2 aromatic carbocycles. The summed E-state index contributed by atoms with van der Waals surface area (Å²) in [5, 5.41) is 5.35. The van der Waals surface area contributed by atoms with Crippen molar-refractivity contribution in [2.24, 2.45) is 0 Å². The van der Waals surface area contributed by atoms with Crippen molar-refractivity contribution in [3.05, 3.63) is 52.4 Å². The Morgan fingerprint density at radius 1 is 1.10 bits per heavy atom.